The Balaban J connectivity index is 2.69. The zero-order chi connectivity index (χ0) is 9.84. The molecule has 70 valence electrons. The van der Waals surface area contributed by atoms with Gasteiger partial charge in [-0.15, -0.1) is 0 Å². The van der Waals surface area contributed by atoms with Crippen LogP contribution in [0.5, 0.6) is 0 Å². The highest BCUT2D eigenvalue weighted by Gasteiger charge is 2.07. The molecular formula is C7H9N3O3. The van der Waals surface area contributed by atoms with E-state index in [1.165, 1.54) is 24.1 Å². The van der Waals surface area contributed by atoms with Gasteiger partial charge in [-0.3, -0.25) is 14.3 Å². The number of esters is 1. The molecule has 0 spiro atoms. The monoisotopic (exact) mass is 183 g/mol. The van der Waals surface area contributed by atoms with Gasteiger partial charge < -0.3 is 10.5 Å². The van der Waals surface area contributed by atoms with E-state index >= 15 is 0 Å². The molecule has 1 aromatic heterocycles. The predicted molar refractivity (Wildman–Crippen MR) is 42.8 cm³/mol. The van der Waals surface area contributed by atoms with Crippen molar-refractivity contribution in [3.8, 4) is 0 Å². The lowest BCUT2D eigenvalue weighted by molar-refractivity contribution is -0.141. The molecule has 0 aromatic carbocycles. The largest absolute Gasteiger partial charge is 0.468 e. The Bertz CT molecular complexity index is 331. The molecule has 0 aliphatic rings. The first-order valence-electron chi connectivity index (χ1n) is 3.53. The lowest BCUT2D eigenvalue weighted by Gasteiger charge is -1.97. The van der Waals surface area contributed by atoms with Gasteiger partial charge in [0.05, 0.1) is 7.11 Å². The highest BCUT2D eigenvalue weighted by Crippen LogP contribution is 1.94. The molecule has 1 aromatic rings. The molecule has 0 bridgehead atoms. The van der Waals surface area contributed by atoms with E-state index in [0.29, 0.717) is 0 Å². The van der Waals surface area contributed by atoms with Crippen molar-refractivity contribution in [1.82, 2.24) is 9.78 Å². The van der Waals surface area contributed by atoms with Gasteiger partial charge in [0, 0.05) is 6.20 Å². The average Bonchev–Trinajstić information content (AvgIpc) is 2.52. The van der Waals surface area contributed by atoms with Crippen LogP contribution in [0.3, 0.4) is 0 Å². The van der Waals surface area contributed by atoms with Crippen molar-refractivity contribution in [1.29, 1.82) is 0 Å². The van der Waals surface area contributed by atoms with Crippen molar-refractivity contribution in [3.05, 3.63) is 18.0 Å². The summed E-state index contributed by atoms with van der Waals surface area (Å²) in [5.41, 5.74) is 5.09. The van der Waals surface area contributed by atoms with E-state index in [2.05, 4.69) is 9.84 Å². The number of aromatic nitrogens is 2. The van der Waals surface area contributed by atoms with Crippen LogP contribution in [0.4, 0.5) is 0 Å². The molecule has 0 atom stereocenters. The number of ether oxygens (including phenoxy) is 1. The second-order valence-electron chi connectivity index (χ2n) is 2.34. The fourth-order valence-electron chi connectivity index (χ4n) is 0.778. The summed E-state index contributed by atoms with van der Waals surface area (Å²) in [7, 11) is 1.28. The SMILES string of the molecule is COC(=O)Cn1ccc(C(N)=O)n1. The third-order valence-corrected chi connectivity index (χ3v) is 1.41. The molecule has 0 saturated heterocycles. The summed E-state index contributed by atoms with van der Waals surface area (Å²) in [6.07, 6.45) is 1.48. The maximum absolute atomic E-state index is 10.8. The molecule has 1 heterocycles. The Morgan fingerprint density at radius 1 is 1.69 bits per heavy atom. The Hall–Kier alpha value is -1.85. The molecule has 0 aliphatic carbocycles. The fourth-order valence-corrected chi connectivity index (χ4v) is 0.778. The minimum Gasteiger partial charge on any atom is -0.468 e. The predicted octanol–water partition coefficient (Wildman–Crippen LogP) is -0.845. The van der Waals surface area contributed by atoms with Crippen LogP contribution < -0.4 is 5.73 Å². The van der Waals surface area contributed by atoms with Crippen molar-refractivity contribution in [2.24, 2.45) is 5.73 Å². The molecule has 1 rings (SSSR count). The molecule has 0 fully saturated rings. The van der Waals surface area contributed by atoms with E-state index in [1.807, 2.05) is 0 Å². The molecule has 0 radical (unpaired) electrons. The molecule has 0 unspecified atom stereocenters. The third-order valence-electron chi connectivity index (χ3n) is 1.41. The van der Waals surface area contributed by atoms with Crippen LogP contribution in [0.15, 0.2) is 12.3 Å². The van der Waals surface area contributed by atoms with Gasteiger partial charge in [0.25, 0.3) is 5.91 Å². The summed E-state index contributed by atoms with van der Waals surface area (Å²) in [4.78, 5) is 21.4. The number of carbonyl (C=O) groups is 2. The number of nitrogens with two attached hydrogens (primary N) is 1. The zero-order valence-electron chi connectivity index (χ0n) is 7.06. The number of amides is 1. The van der Waals surface area contributed by atoms with Crippen LogP contribution >= 0.6 is 0 Å². The maximum Gasteiger partial charge on any atom is 0.327 e. The normalized spacial score (nSPS) is 9.62. The number of carbonyl (C=O) groups excluding carboxylic acids is 2. The van der Waals surface area contributed by atoms with Gasteiger partial charge in [0.15, 0.2) is 0 Å². The van der Waals surface area contributed by atoms with Crippen molar-refractivity contribution >= 4 is 11.9 Å². The van der Waals surface area contributed by atoms with Gasteiger partial charge in [-0.2, -0.15) is 5.10 Å². The van der Waals surface area contributed by atoms with Gasteiger partial charge >= 0.3 is 5.97 Å². The third kappa shape index (κ3) is 2.29. The van der Waals surface area contributed by atoms with Gasteiger partial charge in [-0.05, 0) is 6.07 Å². The van der Waals surface area contributed by atoms with Crippen LogP contribution in [-0.4, -0.2) is 28.8 Å². The quantitative estimate of drug-likeness (QED) is 0.618. The Morgan fingerprint density at radius 3 is 2.85 bits per heavy atom. The van der Waals surface area contributed by atoms with Crippen LogP contribution in [-0.2, 0) is 16.1 Å². The molecule has 6 nitrogen and oxygen atoms in total. The average molecular weight is 183 g/mol. The minimum absolute atomic E-state index is 0.0240. The van der Waals surface area contributed by atoms with E-state index in [1.54, 1.807) is 0 Å². The fraction of sp³-hybridized carbons (Fsp3) is 0.286. The van der Waals surface area contributed by atoms with Crippen molar-refractivity contribution in [2.75, 3.05) is 7.11 Å². The highest BCUT2D eigenvalue weighted by atomic mass is 16.5. The summed E-state index contributed by atoms with van der Waals surface area (Å²) in [5.74, 6) is -1.05. The van der Waals surface area contributed by atoms with Crippen LogP contribution in [0.1, 0.15) is 10.5 Å². The molecule has 0 aliphatic heterocycles. The van der Waals surface area contributed by atoms with E-state index in [0.717, 1.165) is 0 Å². The summed E-state index contributed by atoms with van der Waals surface area (Å²) >= 11 is 0. The first-order chi connectivity index (χ1) is 6.13. The highest BCUT2D eigenvalue weighted by molar-refractivity contribution is 5.90. The second-order valence-corrected chi connectivity index (χ2v) is 2.34. The molecule has 13 heavy (non-hydrogen) atoms. The van der Waals surface area contributed by atoms with E-state index < -0.39 is 11.9 Å². The summed E-state index contributed by atoms with van der Waals surface area (Å²) in [6, 6.07) is 1.44. The van der Waals surface area contributed by atoms with E-state index in [4.69, 9.17) is 5.73 Å². The summed E-state index contributed by atoms with van der Waals surface area (Å²) < 4.78 is 5.69. The number of hydrogen-bond donors (Lipinski definition) is 1. The number of primary amides is 1. The first kappa shape index (κ1) is 9.24. The first-order valence-corrected chi connectivity index (χ1v) is 3.53. The lowest BCUT2D eigenvalue weighted by Crippen LogP contribution is -2.15. The van der Waals surface area contributed by atoms with Gasteiger partial charge in [0.2, 0.25) is 0 Å². The standard InChI is InChI=1S/C7H9N3O3/c1-13-6(11)4-10-3-2-5(9-10)7(8)12/h2-3H,4H2,1H3,(H2,8,12). The molecule has 6 heteroatoms. The molecular weight excluding hydrogens is 174 g/mol. The number of rotatable bonds is 3. The number of methoxy groups -OCH3 is 1. The van der Waals surface area contributed by atoms with E-state index in [-0.39, 0.29) is 12.2 Å². The van der Waals surface area contributed by atoms with Gasteiger partial charge in [-0.25, -0.2) is 0 Å². The summed E-state index contributed by atoms with van der Waals surface area (Å²) in [6.45, 7) is -0.0240. The van der Waals surface area contributed by atoms with Gasteiger partial charge in [0.1, 0.15) is 12.2 Å². The Labute approximate surface area is 74.3 Å². The van der Waals surface area contributed by atoms with Crippen LogP contribution in [0.25, 0.3) is 0 Å². The smallest absolute Gasteiger partial charge is 0.327 e. The van der Waals surface area contributed by atoms with Crippen molar-refractivity contribution in [3.63, 3.8) is 0 Å². The van der Waals surface area contributed by atoms with Crippen molar-refractivity contribution in [2.45, 2.75) is 6.54 Å². The summed E-state index contributed by atoms with van der Waals surface area (Å²) in [5, 5.41) is 3.74. The van der Waals surface area contributed by atoms with Crippen LogP contribution in [0, 0.1) is 0 Å². The second kappa shape index (κ2) is 3.70. The maximum atomic E-state index is 10.8. The Kier molecular flexibility index (Phi) is 2.63. The van der Waals surface area contributed by atoms with Gasteiger partial charge in [-0.1, -0.05) is 0 Å². The van der Waals surface area contributed by atoms with Crippen LogP contribution in [0.2, 0.25) is 0 Å². The topological polar surface area (TPSA) is 87.2 Å². The lowest BCUT2D eigenvalue weighted by atomic mass is 10.4. The Morgan fingerprint density at radius 2 is 2.38 bits per heavy atom. The molecule has 0 saturated carbocycles. The number of nitrogens with zero attached hydrogens (tertiary/aromatic N) is 2. The minimum atomic E-state index is -0.622. The molecule has 1 amide bonds. The molecule has 2 N–H and O–H groups in total. The number of hydrogen-bond acceptors (Lipinski definition) is 4. The van der Waals surface area contributed by atoms with E-state index in [9.17, 15) is 9.59 Å². The zero-order valence-corrected chi connectivity index (χ0v) is 7.06. The van der Waals surface area contributed by atoms with Crippen molar-refractivity contribution < 1.29 is 14.3 Å².